The van der Waals surface area contributed by atoms with Gasteiger partial charge < -0.3 is 11.1 Å². The van der Waals surface area contributed by atoms with Crippen LogP contribution >= 0.6 is 11.6 Å². The van der Waals surface area contributed by atoms with E-state index in [0.29, 0.717) is 11.6 Å². The Balaban J connectivity index is 2.51. The lowest BCUT2D eigenvalue weighted by atomic mass is 9.87. The third-order valence-corrected chi connectivity index (χ3v) is 2.85. The first-order chi connectivity index (χ1) is 7.80. The summed E-state index contributed by atoms with van der Waals surface area (Å²) in [6.45, 7) is 6.30. The van der Waals surface area contributed by atoms with Crippen molar-refractivity contribution in [1.82, 2.24) is 5.32 Å². The lowest BCUT2D eigenvalue weighted by Gasteiger charge is -2.25. The molecule has 3 N–H and O–H groups in total. The molecule has 0 spiro atoms. The van der Waals surface area contributed by atoms with Crippen LogP contribution in [0.15, 0.2) is 24.3 Å². The summed E-state index contributed by atoms with van der Waals surface area (Å²) in [5, 5.41) is 3.50. The number of carbonyl (C=O) groups excluding carboxylic acids is 1. The second-order valence-electron chi connectivity index (χ2n) is 5.19. The Labute approximate surface area is 107 Å². The van der Waals surface area contributed by atoms with Crippen LogP contribution in [0.1, 0.15) is 26.3 Å². The molecule has 1 aromatic carbocycles. The molecule has 3 nitrogen and oxygen atoms in total. The highest BCUT2D eigenvalue weighted by molar-refractivity contribution is 6.30. The van der Waals surface area contributed by atoms with Gasteiger partial charge in [0.15, 0.2) is 0 Å². The number of hydrogen-bond acceptors (Lipinski definition) is 2. The van der Waals surface area contributed by atoms with E-state index in [1.807, 2.05) is 32.9 Å². The van der Waals surface area contributed by atoms with Gasteiger partial charge in [-0.15, -0.1) is 0 Å². The smallest absolute Gasteiger partial charge is 0.237 e. The Morgan fingerprint density at radius 2 is 1.88 bits per heavy atom. The first kappa shape index (κ1) is 14.0. The van der Waals surface area contributed by atoms with Gasteiger partial charge in [0, 0.05) is 11.6 Å². The number of amides is 1. The molecule has 0 saturated heterocycles. The predicted molar refractivity (Wildman–Crippen MR) is 70.7 cm³/mol. The van der Waals surface area contributed by atoms with Crippen LogP contribution in [0.25, 0.3) is 0 Å². The van der Waals surface area contributed by atoms with Crippen molar-refractivity contribution >= 4 is 17.5 Å². The highest BCUT2D eigenvalue weighted by Gasteiger charge is 2.26. The number of rotatable bonds is 3. The van der Waals surface area contributed by atoms with E-state index < -0.39 is 6.04 Å². The zero-order valence-electron chi connectivity index (χ0n) is 10.5. The second kappa shape index (κ2) is 5.52. The summed E-state index contributed by atoms with van der Waals surface area (Å²) < 4.78 is 0. The van der Waals surface area contributed by atoms with E-state index in [-0.39, 0.29) is 11.3 Å². The Hall–Kier alpha value is -1.06. The lowest BCUT2D eigenvalue weighted by Crippen LogP contribution is -2.48. The zero-order chi connectivity index (χ0) is 13.1. The number of hydrogen-bond donors (Lipinski definition) is 2. The van der Waals surface area contributed by atoms with Crippen LogP contribution in [0.5, 0.6) is 0 Å². The number of halogens is 1. The Bertz CT molecular complexity index is 381. The Kier molecular flexibility index (Phi) is 4.54. The van der Waals surface area contributed by atoms with E-state index in [1.165, 1.54) is 0 Å². The van der Waals surface area contributed by atoms with Gasteiger partial charge in [-0.25, -0.2) is 0 Å². The molecular weight excluding hydrogens is 236 g/mol. The summed E-state index contributed by atoms with van der Waals surface area (Å²) in [6, 6.07) is 6.85. The number of benzene rings is 1. The molecule has 4 heteroatoms. The van der Waals surface area contributed by atoms with Crippen molar-refractivity contribution in [3.8, 4) is 0 Å². The molecule has 1 rings (SSSR count). The largest absolute Gasteiger partial charge is 0.351 e. The molecule has 17 heavy (non-hydrogen) atoms. The van der Waals surface area contributed by atoms with Gasteiger partial charge in [-0.3, -0.25) is 4.79 Å². The molecule has 1 aromatic rings. The average Bonchev–Trinajstić information content (AvgIpc) is 2.25. The van der Waals surface area contributed by atoms with Crippen LogP contribution in [0.4, 0.5) is 0 Å². The van der Waals surface area contributed by atoms with Gasteiger partial charge >= 0.3 is 0 Å². The number of nitrogens with one attached hydrogen (secondary N) is 1. The van der Waals surface area contributed by atoms with Gasteiger partial charge in [0.05, 0.1) is 6.04 Å². The van der Waals surface area contributed by atoms with Crippen LogP contribution < -0.4 is 11.1 Å². The summed E-state index contributed by atoms with van der Waals surface area (Å²) in [6.07, 6.45) is 0. The molecule has 0 aliphatic heterocycles. The minimum Gasteiger partial charge on any atom is -0.351 e. The SMILES string of the molecule is CC(C)(C)[C@@H](N)C(=O)NCc1ccc(Cl)cc1. The van der Waals surface area contributed by atoms with Crippen LogP contribution in [-0.2, 0) is 11.3 Å². The normalized spacial score (nSPS) is 13.2. The third-order valence-electron chi connectivity index (χ3n) is 2.60. The standard InChI is InChI=1S/C13H19ClN2O/c1-13(2,3)11(15)12(17)16-8-9-4-6-10(14)7-5-9/h4-7,11H,8,15H2,1-3H3,(H,16,17)/t11-/m0/s1. The predicted octanol–water partition coefficient (Wildman–Crippen LogP) is 2.33. The van der Waals surface area contributed by atoms with E-state index in [4.69, 9.17) is 17.3 Å². The van der Waals surface area contributed by atoms with Crippen molar-refractivity contribution in [3.63, 3.8) is 0 Å². The van der Waals surface area contributed by atoms with Gasteiger partial charge in [0.25, 0.3) is 0 Å². The minimum atomic E-state index is -0.505. The van der Waals surface area contributed by atoms with Gasteiger partial charge in [-0.2, -0.15) is 0 Å². The van der Waals surface area contributed by atoms with Crippen LogP contribution in [-0.4, -0.2) is 11.9 Å². The van der Waals surface area contributed by atoms with Crippen molar-refractivity contribution in [2.45, 2.75) is 33.4 Å². The second-order valence-corrected chi connectivity index (χ2v) is 5.62. The molecule has 0 aliphatic carbocycles. The number of nitrogens with two attached hydrogens (primary N) is 1. The summed E-state index contributed by atoms with van der Waals surface area (Å²) in [5.74, 6) is -0.132. The molecular formula is C13H19ClN2O. The summed E-state index contributed by atoms with van der Waals surface area (Å²) in [7, 11) is 0. The quantitative estimate of drug-likeness (QED) is 0.870. The summed E-state index contributed by atoms with van der Waals surface area (Å²) in [4.78, 5) is 11.8. The van der Waals surface area contributed by atoms with Gasteiger partial charge in [-0.05, 0) is 23.1 Å². The fourth-order valence-electron chi connectivity index (χ4n) is 1.29. The molecule has 0 saturated carbocycles. The molecule has 0 heterocycles. The van der Waals surface area contributed by atoms with Crippen LogP contribution in [0, 0.1) is 5.41 Å². The molecule has 0 aliphatic rings. The molecule has 0 aromatic heterocycles. The van der Waals surface area contributed by atoms with Gasteiger partial charge in [0.1, 0.15) is 0 Å². The van der Waals surface area contributed by atoms with Crippen molar-refractivity contribution < 1.29 is 4.79 Å². The van der Waals surface area contributed by atoms with E-state index in [1.54, 1.807) is 12.1 Å². The van der Waals surface area contributed by atoms with E-state index in [2.05, 4.69) is 5.32 Å². The molecule has 0 radical (unpaired) electrons. The van der Waals surface area contributed by atoms with Crippen molar-refractivity contribution in [1.29, 1.82) is 0 Å². The zero-order valence-corrected chi connectivity index (χ0v) is 11.2. The maximum Gasteiger partial charge on any atom is 0.237 e. The maximum atomic E-state index is 11.8. The molecule has 0 fully saturated rings. The number of carbonyl (C=O) groups is 1. The molecule has 94 valence electrons. The Morgan fingerprint density at radius 3 is 2.35 bits per heavy atom. The molecule has 0 bridgehead atoms. The van der Waals surface area contributed by atoms with Crippen molar-refractivity contribution in [2.75, 3.05) is 0 Å². The fourth-order valence-corrected chi connectivity index (χ4v) is 1.42. The van der Waals surface area contributed by atoms with Gasteiger partial charge in [-0.1, -0.05) is 44.5 Å². The molecule has 1 atom stereocenters. The van der Waals surface area contributed by atoms with E-state index in [0.717, 1.165) is 5.56 Å². The monoisotopic (exact) mass is 254 g/mol. The lowest BCUT2D eigenvalue weighted by molar-refractivity contribution is -0.124. The minimum absolute atomic E-state index is 0.132. The van der Waals surface area contributed by atoms with Crippen LogP contribution in [0.2, 0.25) is 5.02 Å². The molecule has 0 unspecified atom stereocenters. The maximum absolute atomic E-state index is 11.8. The highest BCUT2D eigenvalue weighted by atomic mass is 35.5. The average molecular weight is 255 g/mol. The fraction of sp³-hybridized carbons (Fsp3) is 0.462. The van der Waals surface area contributed by atoms with Crippen LogP contribution in [0.3, 0.4) is 0 Å². The summed E-state index contributed by atoms with van der Waals surface area (Å²) >= 11 is 5.78. The first-order valence-corrected chi connectivity index (χ1v) is 5.96. The van der Waals surface area contributed by atoms with E-state index >= 15 is 0 Å². The Morgan fingerprint density at radius 1 is 1.35 bits per heavy atom. The highest BCUT2D eigenvalue weighted by Crippen LogP contribution is 2.17. The van der Waals surface area contributed by atoms with Crippen molar-refractivity contribution in [3.05, 3.63) is 34.9 Å². The van der Waals surface area contributed by atoms with E-state index in [9.17, 15) is 4.79 Å². The summed E-state index contributed by atoms with van der Waals surface area (Å²) in [5.41, 5.74) is 6.62. The topological polar surface area (TPSA) is 55.1 Å². The first-order valence-electron chi connectivity index (χ1n) is 5.58. The van der Waals surface area contributed by atoms with Crippen molar-refractivity contribution in [2.24, 2.45) is 11.1 Å². The molecule has 1 amide bonds. The van der Waals surface area contributed by atoms with Gasteiger partial charge in [0.2, 0.25) is 5.91 Å². The third kappa shape index (κ3) is 4.36.